The minimum absolute atomic E-state index is 0.0190. The van der Waals surface area contributed by atoms with Crippen molar-refractivity contribution >= 4 is 25.5 Å². The van der Waals surface area contributed by atoms with Crippen molar-refractivity contribution < 1.29 is 23.4 Å². The van der Waals surface area contributed by atoms with Crippen LogP contribution in [-0.4, -0.2) is 51.6 Å². The lowest BCUT2D eigenvalue weighted by atomic mass is 10.2. The third kappa shape index (κ3) is 3.25. The number of amides is 1. The number of benzene rings is 1. The van der Waals surface area contributed by atoms with Gasteiger partial charge in [-0.25, -0.2) is 13.6 Å². The third-order valence-electron chi connectivity index (χ3n) is 4.82. The van der Waals surface area contributed by atoms with E-state index >= 15 is 0 Å². The fraction of sp³-hybridized carbons (Fsp3) is 0.562. The van der Waals surface area contributed by atoms with Gasteiger partial charge in [0.25, 0.3) is 0 Å². The molecule has 1 N–H and O–H groups in total. The van der Waals surface area contributed by atoms with Crippen LogP contribution in [0.4, 0.5) is 25.0 Å². The molecule has 0 bridgehead atoms. The van der Waals surface area contributed by atoms with Crippen molar-refractivity contribution in [3.8, 4) is 0 Å². The van der Waals surface area contributed by atoms with Gasteiger partial charge < -0.3 is 14.7 Å². The van der Waals surface area contributed by atoms with Crippen LogP contribution in [0, 0.1) is 11.6 Å². The number of rotatable bonds is 3. The van der Waals surface area contributed by atoms with Crippen LogP contribution in [0.15, 0.2) is 12.1 Å². The van der Waals surface area contributed by atoms with Gasteiger partial charge in [-0.1, -0.05) is 13.1 Å². The lowest BCUT2D eigenvalue weighted by Crippen LogP contribution is -2.43. The Hall–Kier alpha value is -1.67. The SMILES string of the molecule is C[Si]1(C)CCN(c2c(F)cc(N3C[C@H](CO)OC3=O)cc2F)CC1. The molecule has 3 rings (SSSR count). The molecule has 0 saturated carbocycles. The fourth-order valence-corrected chi connectivity index (χ4v) is 5.17. The first-order valence-electron chi connectivity index (χ1n) is 8.14. The molecule has 5 nitrogen and oxygen atoms in total. The lowest BCUT2D eigenvalue weighted by Gasteiger charge is -2.37. The number of ether oxygens (including phenoxy) is 1. The van der Waals surface area contributed by atoms with Gasteiger partial charge >= 0.3 is 6.09 Å². The summed E-state index contributed by atoms with van der Waals surface area (Å²) >= 11 is 0. The maximum atomic E-state index is 14.5. The molecule has 2 fully saturated rings. The van der Waals surface area contributed by atoms with E-state index in [1.165, 1.54) is 0 Å². The first-order chi connectivity index (χ1) is 11.3. The smallest absolute Gasteiger partial charge is 0.414 e. The molecule has 24 heavy (non-hydrogen) atoms. The van der Waals surface area contributed by atoms with E-state index in [0.29, 0.717) is 13.1 Å². The third-order valence-corrected chi connectivity index (χ3v) is 7.98. The largest absolute Gasteiger partial charge is 0.441 e. The lowest BCUT2D eigenvalue weighted by molar-refractivity contribution is 0.0963. The van der Waals surface area contributed by atoms with Gasteiger partial charge in [0.2, 0.25) is 0 Å². The van der Waals surface area contributed by atoms with E-state index in [-0.39, 0.29) is 24.5 Å². The summed E-state index contributed by atoms with van der Waals surface area (Å²) < 4.78 is 34.0. The summed E-state index contributed by atoms with van der Waals surface area (Å²) in [6, 6.07) is 4.34. The van der Waals surface area contributed by atoms with Gasteiger partial charge in [-0.05, 0) is 12.1 Å². The summed E-state index contributed by atoms with van der Waals surface area (Å²) in [6.45, 7) is 5.65. The normalized spacial score (nSPS) is 23.5. The zero-order valence-electron chi connectivity index (χ0n) is 13.9. The average molecular weight is 356 g/mol. The van der Waals surface area contributed by atoms with Crippen molar-refractivity contribution in [1.82, 2.24) is 0 Å². The number of aliphatic hydroxyl groups excluding tert-OH is 1. The first kappa shape index (κ1) is 17.2. The predicted molar refractivity (Wildman–Crippen MR) is 90.4 cm³/mol. The summed E-state index contributed by atoms with van der Waals surface area (Å²) in [5.41, 5.74) is 0.0935. The van der Waals surface area contributed by atoms with Crippen molar-refractivity contribution in [3.63, 3.8) is 0 Å². The number of carbonyl (C=O) groups excluding carboxylic acids is 1. The highest BCUT2D eigenvalue weighted by molar-refractivity contribution is 6.77. The Morgan fingerprint density at radius 2 is 1.83 bits per heavy atom. The highest BCUT2D eigenvalue weighted by atomic mass is 28.3. The van der Waals surface area contributed by atoms with Gasteiger partial charge in [0.15, 0.2) is 11.6 Å². The maximum absolute atomic E-state index is 14.5. The van der Waals surface area contributed by atoms with Crippen LogP contribution < -0.4 is 9.80 Å². The Morgan fingerprint density at radius 3 is 2.33 bits per heavy atom. The summed E-state index contributed by atoms with van der Waals surface area (Å²) in [4.78, 5) is 14.7. The molecule has 8 heteroatoms. The van der Waals surface area contributed by atoms with E-state index < -0.39 is 31.9 Å². The van der Waals surface area contributed by atoms with E-state index in [9.17, 15) is 13.6 Å². The van der Waals surface area contributed by atoms with E-state index in [1.54, 1.807) is 4.90 Å². The molecule has 2 saturated heterocycles. The number of cyclic esters (lactones) is 1. The van der Waals surface area contributed by atoms with Crippen LogP contribution in [0.2, 0.25) is 25.2 Å². The molecule has 2 aliphatic heterocycles. The van der Waals surface area contributed by atoms with E-state index in [1.807, 2.05) is 0 Å². The quantitative estimate of drug-likeness (QED) is 0.846. The number of hydrogen-bond donors (Lipinski definition) is 1. The Morgan fingerprint density at radius 1 is 1.25 bits per heavy atom. The molecule has 2 aliphatic rings. The Bertz CT molecular complexity index is 623. The molecule has 0 spiro atoms. The van der Waals surface area contributed by atoms with Crippen LogP contribution in [0.25, 0.3) is 0 Å². The van der Waals surface area contributed by atoms with Crippen LogP contribution in [0.3, 0.4) is 0 Å². The molecule has 0 unspecified atom stereocenters. The van der Waals surface area contributed by atoms with Gasteiger partial charge in [-0.2, -0.15) is 0 Å². The molecule has 2 heterocycles. The summed E-state index contributed by atoms with van der Waals surface area (Å²) in [6.07, 6.45) is -1.37. The van der Waals surface area contributed by atoms with Gasteiger partial charge in [0.05, 0.1) is 26.9 Å². The molecule has 0 radical (unpaired) electrons. The van der Waals surface area contributed by atoms with Crippen LogP contribution in [0.5, 0.6) is 0 Å². The molecule has 132 valence electrons. The first-order valence-corrected chi connectivity index (χ1v) is 11.6. The number of anilines is 2. The number of halogens is 2. The van der Waals surface area contributed by atoms with Crippen molar-refractivity contribution in [2.24, 2.45) is 0 Å². The zero-order valence-corrected chi connectivity index (χ0v) is 14.9. The Balaban J connectivity index is 1.83. The van der Waals surface area contributed by atoms with Gasteiger partial charge in [-0.3, -0.25) is 4.90 Å². The maximum Gasteiger partial charge on any atom is 0.414 e. The molecule has 1 amide bonds. The van der Waals surface area contributed by atoms with Crippen LogP contribution >= 0.6 is 0 Å². The van der Waals surface area contributed by atoms with Crippen LogP contribution in [-0.2, 0) is 4.74 Å². The Labute approximate surface area is 140 Å². The van der Waals surface area contributed by atoms with Crippen molar-refractivity contribution in [1.29, 1.82) is 0 Å². The van der Waals surface area contributed by atoms with Crippen LogP contribution in [0.1, 0.15) is 0 Å². The number of carbonyl (C=O) groups is 1. The summed E-state index contributed by atoms with van der Waals surface area (Å²) in [7, 11) is -1.23. The van der Waals surface area contributed by atoms with Crippen molar-refractivity contribution in [3.05, 3.63) is 23.8 Å². The minimum atomic E-state index is -1.23. The molecular formula is C16H22F2N2O3Si. The average Bonchev–Trinajstić information content (AvgIpc) is 2.89. The minimum Gasteiger partial charge on any atom is -0.441 e. The Kier molecular flexibility index (Phi) is 4.52. The second-order valence-corrected chi connectivity index (χ2v) is 12.5. The zero-order chi connectivity index (χ0) is 17.5. The standard InChI is InChI=1S/C16H22F2N2O3Si/c1-24(2)5-3-19(4-6-24)15-13(17)7-11(8-14(15)18)20-9-12(10-21)23-16(20)22/h7-8,12,21H,3-6,9-10H2,1-2H3/t12-/m1/s1. The second-order valence-electron chi connectivity index (χ2n) is 7.21. The number of nitrogens with zero attached hydrogens (tertiary/aromatic N) is 2. The predicted octanol–water partition coefficient (Wildman–Crippen LogP) is 2.81. The summed E-state index contributed by atoms with van der Waals surface area (Å²) in [5.74, 6) is -1.35. The number of hydrogen-bond acceptors (Lipinski definition) is 4. The van der Waals surface area contributed by atoms with E-state index in [2.05, 4.69) is 13.1 Å². The number of aliphatic hydroxyl groups is 1. The van der Waals surface area contributed by atoms with Gasteiger partial charge in [-0.15, -0.1) is 0 Å². The molecule has 0 aromatic heterocycles. The van der Waals surface area contributed by atoms with Gasteiger partial charge in [0, 0.05) is 25.2 Å². The monoisotopic (exact) mass is 356 g/mol. The topological polar surface area (TPSA) is 53.0 Å². The molecular weight excluding hydrogens is 334 g/mol. The second kappa shape index (κ2) is 6.32. The highest BCUT2D eigenvalue weighted by Gasteiger charge is 2.34. The van der Waals surface area contributed by atoms with E-state index in [4.69, 9.17) is 9.84 Å². The molecule has 1 atom stereocenters. The summed E-state index contributed by atoms with van der Waals surface area (Å²) in [5, 5.41) is 9.06. The van der Waals surface area contributed by atoms with Crippen molar-refractivity contribution in [2.75, 3.05) is 36.0 Å². The van der Waals surface area contributed by atoms with Crippen molar-refractivity contribution in [2.45, 2.75) is 31.3 Å². The molecule has 1 aromatic rings. The van der Waals surface area contributed by atoms with E-state index in [0.717, 1.165) is 29.1 Å². The highest BCUT2D eigenvalue weighted by Crippen LogP contribution is 2.34. The van der Waals surface area contributed by atoms with Gasteiger partial charge in [0.1, 0.15) is 11.8 Å². The fourth-order valence-electron chi connectivity index (χ4n) is 3.17. The molecule has 0 aliphatic carbocycles. The molecule has 1 aromatic carbocycles.